The van der Waals surface area contributed by atoms with E-state index in [4.69, 9.17) is 19.9 Å². The molecular weight excluding hydrogens is 681 g/mol. The van der Waals surface area contributed by atoms with E-state index < -0.39 is 0 Å². The fourth-order valence-electron chi connectivity index (χ4n) is 7.54. The maximum Gasteiger partial charge on any atom is 0.164 e. The third kappa shape index (κ3) is 6.29. The van der Waals surface area contributed by atoms with E-state index in [1.807, 2.05) is 66.7 Å². The Morgan fingerprint density at radius 1 is 0.250 bits per heavy atom. The van der Waals surface area contributed by atoms with Gasteiger partial charge in [-0.25, -0.2) is 19.9 Å². The van der Waals surface area contributed by atoms with Crippen molar-refractivity contribution in [1.82, 2.24) is 19.9 Å². The summed E-state index contributed by atoms with van der Waals surface area (Å²) < 4.78 is 0. The molecular formula is C52H34N4. The predicted molar refractivity (Wildman–Crippen MR) is 231 cm³/mol. The van der Waals surface area contributed by atoms with Crippen LogP contribution in [0.4, 0.5) is 0 Å². The molecule has 0 spiro atoms. The molecule has 2 aromatic heterocycles. The molecule has 10 aromatic rings. The van der Waals surface area contributed by atoms with Crippen LogP contribution < -0.4 is 0 Å². The highest BCUT2D eigenvalue weighted by Gasteiger charge is 2.16. The average Bonchev–Trinajstić information content (AvgIpc) is 3.29. The van der Waals surface area contributed by atoms with Crippen LogP contribution in [0.2, 0.25) is 0 Å². The first-order chi connectivity index (χ1) is 27.7. The van der Waals surface area contributed by atoms with Gasteiger partial charge in [-0.3, -0.25) is 0 Å². The minimum Gasteiger partial charge on any atom is -0.248 e. The molecule has 0 unspecified atom stereocenters. The maximum absolute atomic E-state index is 5.18. The molecule has 0 atom stereocenters. The zero-order valence-corrected chi connectivity index (χ0v) is 30.4. The van der Waals surface area contributed by atoms with E-state index >= 15 is 0 Å². The second-order valence-electron chi connectivity index (χ2n) is 13.8. The number of benzene rings is 8. The fourth-order valence-corrected chi connectivity index (χ4v) is 7.54. The molecule has 0 aliphatic heterocycles. The third-order valence-corrected chi connectivity index (χ3v) is 10.4. The highest BCUT2D eigenvalue weighted by Crippen LogP contribution is 2.40. The molecule has 56 heavy (non-hydrogen) atoms. The van der Waals surface area contributed by atoms with Gasteiger partial charge in [-0.05, 0) is 56.3 Å². The number of aromatic nitrogens is 4. The Morgan fingerprint density at radius 3 is 1.21 bits per heavy atom. The molecule has 0 fully saturated rings. The number of rotatable bonds is 7. The normalized spacial score (nSPS) is 11.2. The van der Waals surface area contributed by atoms with Crippen molar-refractivity contribution in [3.63, 3.8) is 0 Å². The maximum atomic E-state index is 5.18. The minimum atomic E-state index is 0.644. The molecule has 0 saturated carbocycles. The van der Waals surface area contributed by atoms with Crippen LogP contribution in [0.5, 0.6) is 0 Å². The van der Waals surface area contributed by atoms with Gasteiger partial charge in [-0.1, -0.05) is 194 Å². The number of hydrogen-bond acceptors (Lipinski definition) is 4. The van der Waals surface area contributed by atoms with E-state index in [0.717, 1.165) is 55.5 Å². The van der Waals surface area contributed by atoms with Crippen LogP contribution in [0.1, 0.15) is 0 Å². The van der Waals surface area contributed by atoms with Gasteiger partial charge in [0, 0.05) is 27.6 Å². The highest BCUT2D eigenvalue weighted by atomic mass is 15.0. The van der Waals surface area contributed by atoms with Crippen LogP contribution in [0.25, 0.3) is 100 Å². The van der Waals surface area contributed by atoms with Crippen molar-refractivity contribution in [2.24, 2.45) is 0 Å². The van der Waals surface area contributed by atoms with Gasteiger partial charge < -0.3 is 0 Å². The first-order valence-electron chi connectivity index (χ1n) is 18.8. The smallest absolute Gasteiger partial charge is 0.164 e. The second kappa shape index (κ2) is 14.3. The largest absolute Gasteiger partial charge is 0.248 e. The lowest BCUT2D eigenvalue weighted by Gasteiger charge is -2.15. The lowest BCUT2D eigenvalue weighted by molar-refractivity contribution is 1.07. The molecule has 4 heteroatoms. The molecule has 0 amide bonds. The second-order valence-corrected chi connectivity index (χ2v) is 13.8. The molecule has 0 aliphatic carbocycles. The summed E-state index contributed by atoms with van der Waals surface area (Å²) in [5.41, 5.74) is 12.9. The lowest BCUT2D eigenvalue weighted by atomic mass is 9.91. The summed E-state index contributed by atoms with van der Waals surface area (Å²) in [4.78, 5) is 19.8. The minimum absolute atomic E-state index is 0.644. The van der Waals surface area contributed by atoms with Crippen molar-refractivity contribution in [3.8, 4) is 78.8 Å². The van der Waals surface area contributed by atoms with Crippen LogP contribution in [0.3, 0.4) is 0 Å². The van der Waals surface area contributed by atoms with E-state index in [1.54, 1.807) is 0 Å². The van der Waals surface area contributed by atoms with Crippen LogP contribution in [0.15, 0.2) is 206 Å². The van der Waals surface area contributed by atoms with Gasteiger partial charge in [0.1, 0.15) is 0 Å². The monoisotopic (exact) mass is 714 g/mol. The molecule has 0 radical (unpaired) electrons. The van der Waals surface area contributed by atoms with Gasteiger partial charge in [0.2, 0.25) is 0 Å². The lowest BCUT2D eigenvalue weighted by Crippen LogP contribution is -2.00. The zero-order valence-electron chi connectivity index (χ0n) is 30.4. The molecule has 0 N–H and O–H groups in total. The van der Waals surface area contributed by atoms with Crippen molar-refractivity contribution in [3.05, 3.63) is 206 Å². The van der Waals surface area contributed by atoms with Gasteiger partial charge in [0.15, 0.2) is 17.5 Å². The number of fused-ring (bicyclic) bond motifs is 3. The molecule has 8 aromatic carbocycles. The first kappa shape index (κ1) is 33.0. The van der Waals surface area contributed by atoms with E-state index in [1.165, 1.54) is 27.5 Å². The van der Waals surface area contributed by atoms with Gasteiger partial charge in [-0.15, -0.1) is 0 Å². The summed E-state index contributed by atoms with van der Waals surface area (Å²) >= 11 is 0. The standard InChI is InChI=1S/C52H34N4/c1-5-14-37(15-6-1)46-34-48(39-16-7-2-8-17-39)53-47-33-32-44-43(22-13-23-45(44)49(46)47)38-28-24-35(25-29-38)36-26-30-42(31-27-36)52-55-50(40-18-9-3-10-19-40)54-51(56-52)41-20-11-4-12-21-41/h1-34H. The van der Waals surface area contributed by atoms with Gasteiger partial charge in [-0.2, -0.15) is 0 Å². The van der Waals surface area contributed by atoms with E-state index in [2.05, 4.69) is 140 Å². The molecule has 0 bridgehead atoms. The summed E-state index contributed by atoms with van der Waals surface area (Å²) in [6, 6.07) is 71.8. The topological polar surface area (TPSA) is 51.6 Å². The summed E-state index contributed by atoms with van der Waals surface area (Å²) in [6.07, 6.45) is 0. The van der Waals surface area contributed by atoms with Crippen molar-refractivity contribution in [2.75, 3.05) is 0 Å². The van der Waals surface area contributed by atoms with Crippen molar-refractivity contribution >= 4 is 21.7 Å². The van der Waals surface area contributed by atoms with Crippen molar-refractivity contribution < 1.29 is 0 Å². The Morgan fingerprint density at radius 2 is 0.679 bits per heavy atom. The van der Waals surface area contributed by atoms with Crippen molar-refractivity contribution in [2.45, 2.75) is 0 Å². The molecule has 10 rings (SSSR count). The Hall–Kier alpha value is -7.56. The number of nitrogens with zero attached hydrogens (tertiary/aromatic N) is 4. The van der Waals surface area contributed by atoms with Gasteiger partial charge in [0.05, 0.1) is 11.2 Å². The quantitative estimate of drug-likeness (QED) is 0.154. The average molecular weight is 715 g/mol. The predicted octanol–water partition coefficient (Wildman–Crippen LogP) is 13.2. The SMILES string of the molecule is c1ccc(-c2cc(-c3ccccc3)c3c(ccc4c(-c5ccc(-c6ccc(-c7nc(-c8ccccc8)nc(-c8ccccc8)n7)cc6)cc5)cccc43)n2)cc1. The molecule has 0 saturated heterocycles. The third-order valence-electron chi connectivity index (χ3n) is 10.4. The van der Waals surface area contributed by atoms with Gasteiger partial charge >= 0.3 is 0 Å². The Kier molecular flexibility index (Phi) is 8.47. The molecule has 262 valence electrons. The Bertz CT molecular complexity index is 2910. The van der Waals surface area contributed by atoms with Crippen LogP contribution in [-0.2, 0) is 0 Å². The van der Waals surface area contributed by atoms with Gasteiger partial charge in [0.25, 0.3) is 0 Å². The highest BCUT2D eigenvalue weighted by molar-refractivity contribution is 6.17. The van der Waals surface area contributed by atoms with Crippen LogP contribution in [0, 0.1) is 0 Å². The van der Waals surface area contributed by atoms with E-state index in [0.29, 0.717) is 17.5 Å². The van der Waals surface area contributed by atoms with E-state index in [9.17, 15) is 0 Å². The summed E-state index contributed by atoms with van der Waals surface area (Å²) in [6.45, 7) is 0. The van der Waals surface area contributed by atoms with Crippen LogP contribution in [-0.4, -0.2) is 19.9 Å². The Balaban J connectivity index is 0.999. The number of pyridine rings is 1. The summed E-state index contributed by atoms with van der Waals surface area (Å²) in [7, 11) is 0. The molecule has 0 aliphatic rings. The zero-order chi connectivity index (χ0) is 37.3. The van der Waals surface area contributed by atoms with E-state index in [-0.39, 0.29) is 0 Å². The fraction of sp³-hybridized carbons (Fsp3) is 0. The summed E-state index contributed by atoms with van der Waals surface area (Å²) in [5, 5.41) is 3.55. The van der Waals surface area contributed by atoms with Crippen molar-refractivity contribution in [1.29, 1.82) is 0 Å². The number of hydrogen-bond donors (Lipinski definition) is 0. The molecule has 4 nitrogen and oxygen atoms in total. The van der Waals surface area contributed by atoms with Crippen LogP contribution >= 0.6 is 0 Å². The summed E-state index contributed by atoms with van der Waals surface area (Å²) in [5.74, 6) is 1.95. The first-order valence-corrected chi connectivity index (χ1v) is 18.8. The Labute approximate surface area is 325 Å². The molecule has 2 heterocycles.